The van der Waals surface area contributed by atoms with Crippen LogP contribution in [0.25, 0.3) is 0 Å². The molecule has 1 aliphatic rings. The summed E-state index contributed by atoms with van der Waals surface area (Å²) in [7, 11) is 0. The highest BCUT2D eigenvalue weighted by molar-refractivity contribution is 5.88. The van der Waals surface area contributed by atoms with E-state index in [0.29, 0.717) is 12.5 Å². The van der Waals surface area contributed by atoms with Crippen LogP contribution >= 0.6 is 0 Å². The number of nitrogens with one attached hydrogen (secondary N) is 1. The van der Waals surface area contributed by atoms with Crippen LogP contribution in [0.1, 0.15) is 40.2 Å². The van der Waals surface area contributed by atoms with E-state index in [1.54, 1.807) is 6.20 Å². The molecule has 1 aromatic heterocycles. The molecule has 1 aromatic rings. The van der Waals surface area contributed by atoms with Crippen LogP contribution in [-0.2, 0) is 0 Å². The van der Waals surface area contributed by atoms with Crippen LogP contribution in [0, 0.1) is 5.92 Å². The van der Waals surface area contributed by atoms with Gasteiger partial charge in [-0.15, -0.1) is 0 Å². The third-order valence-corrected chi connectivity index (χ3v) is 3.98. The van der Waals surface area contributed by atoms with Crippen molar-refractivity contribution in [3.8, 4) is 0 Å². The van der Waals surface area contributed by atoms with Gasteiger partial charge in [-0.3, -0.25) is 5.32 Å². The molecule has 0 aliphatic carbocycles. The molecule has 1 atom stereocenters. The number of hydrogen-bond donors (Lipinski definition) is 1. The van der Waals surface area contributed by atoms with Gasteiger partial charge in [0.1, 0.15) is 5.82 Å². The Labute approximate surface area is 120 Å². The fraction of sp³-hybridized carbons (Fsp3) is 0.600. The molecule has 110 valence electrons. The summed E-state index contributed by atoms with van der Waals surface area (Å²) >= 11 is 0. The third kappa shape index (κ3) is 3.21. The molecule has 20 heavy (non-hydrogen) atoms. The molecular weight excluding hydrogens is 252 g/mol. The lowest BCUT2D eigenvalue weighted by Gasteiger charge is -2.26. The number of carbonyl (C=O) groups is 1. The molecular formula is C15H24N4O. The van der Waals surface area contributed by atoms with E-state index in [9.17, 15) is 4.79 Å². The molecule has 5 nitrogen and oxygen atoms in total. The lowest BCUT2D eigenvalue weighted by Crippen LogP contribution is -2.38. The van der Waals surface area contributed by atoms with E-state index in [1.807, 2.05) is 15.6 Å². The van der Waals surface area contributed by atoms with Gasteiger partial charge in [0, 0.05) is 19.2 Å². The molecule has 0 saturated heterocycles. The largest absolute Gasteiger partial charge is 0.323 e. The van der Waals surface area contributed by atoms with Gasteiger partial charge in [-0.2, -0.15) is 5.10 Å². The van der Waals surface area contributed by atoms with Crippen molar-refractivity contribution in [2.24, 2.45) is 5.92 Å². The van der Waals surface area contributed by atoms with Gasteiger partial charge in [-0.1, -0.05) is 25.5 Å². The zero-order valence-electron chi connectivity index (χ0n) is 12.8. The SMILES string of the molecule is CC1=CCN(C(=O)Nc2ccnn2C(C)C(C)C)CC1. The molecule has 1 aliphatic heterocycles. The molecule has 0 bridgehead atoms. The van der Waals surface area contributed by atoms with E-state index >= 15 is 0 Å². The fourth-order valence-corrected chi connectivity index (χ4v) is 2.16. The van der Waals surface area contributed by atoms with Crippen molar-refractivity contribution in [1.29, 1.82) is 0 Å². The summed E-state index contributed by atoms with van der Waals surface area (Å²) in [5.74, 6) is 1.23. The van der Waals surface area contributed by atoms with E-state index < -0.39 is 0 Å². The minimum Gasteiger partial charge on any atom is -0.320 e. The minimum atomic E-state index is -0.0496. The molecule has 0 saturated carbocycles. The standard InChI is InChI=1S/C15H24N4O/c1-11(2)13(4)19-14(5-8-16-19)17-15(20)18-9-6-12(3)7-10-18/h5-6,8,11,13H,7,9-10H2,1-4H3,(H,17,20). The highest BCUT2D eigenvalue weighted by Crippen LogP contribution is 2.21. The predicted molar refractivity (Wildman–Crippen MR) is 80.7 cm³/mol. The maximum absolute atomic E-state index is 12.3. The van der Waals surface area contributed by atoms with Crippen molar-refractivity contribution in [3.05, 3.63) is 23.9 Å². The Balaban J connectivity index is 2.04. The topological polar surface area (TPSA) is 50.2 Å². The number of aromatic nitrogens is 2. The lowest BCUT2D eigenvalue weighted by atomic mass is 10.1. The second-order valence-corrected chi connectivity index (χ2v) is 5.82. The van der Waals surface area contributed by atoms with Crippen molar-refractivity contribution >= 4 is 11.8 Å². The number of hydrogen-bond acceptors (Lipinski definition) is 2. The van der Waals surface area contributed by atoms with Crippen molar-refractivity contribution in [3.63, 3.8) is 0 Å². The Bertz CT molecular complexity index is 504. The van der Waals surface area contributed by atoms with Gasteiger partial charge in [0.25, 0.3) is 0 Å². The summed E-state index contributed by atoms with van der Waals surface area (Å²) < 4.78 is 1.88. The van der Waals surface area contributed by atoms with Crippen molar-refractivity contribution in [2.45, 2.75) is 40.2 Å². The number of amides is 2. The van der Waals surface area contributed by atoms with Crippen LogP contribution in [0.3, 0.4) is 0 Å². The first-order chi connectivity index (χ1) is 9.49. The molecule has 1 N–H and O–H groups in total. The smallest absolute Gasteiger partial charge is 0.320 e. The van der Waals surface area contributed by atoms with Crippen LogP contribution in [0.4, 0.5) is 10.6 Å². The number of urea groups is 1. The molecule has 2 rings (SSSR count). The molecule has 5 heteroatoms. The van der Waals surface area contributed by atoms with E-state index in [0.717, 1.165) is 18.8 Å². The molecule has 1 unspecified atom stereocenters. The van der Waals surface area contributed by atoms with Gasteiger partial charge >= 0.3 is 6.03 Å². The highest BCUT2D eigenvalue weighted by Gasteiger charge is 2.19. The summed E-state index contributed by atoms with van der Waals surface area (Å²) in [4.78, 5) is 14.1. The molecule has 0 aromatic carbocycles. The molecule has 0 radical (unpaired) electrons. The number of nitrogens with zero attached hydrogens (tertiary/aromatic N) is 3. The van der Waals surface area contributed by atoms with E-state index in [2.05, 4.69) is 44.2 Å². The molecule has 0 spiro atoms. The van der Waals surface area contributed by atoms with Crippen molar-refractivity contribution < 1.29 is 4.79 Å². The fourth-order valence-electron chi connectivity index (χ4n) is 2.16. The number of carbonyl (C=O) groups excluding carboxylic acids is 1. The maximum Gasteiger partial charge on any atom is 0.323 e. The Hall–Kier alpha value is -1.78. The first-order valence-corrected chi connectivity index (χ1v) is 7.24. The average molecular weight is 276 g/mol. The first-order valence-electron chi connectivity index (χ1n) is 7.24. The van der Waals surface area contributed by atoms with Gasteiger partial charge in [-0.25, -0.2) is 9.48 Å². The van der Waals surface area contributed by atoms with E-state index in [1.165, 1.54) is 5.57 Å². The van der Waals surface area contributed by atoms with Gasteiger partial charge in [-0.05, 0) is 26.2 Å². The Morgan fingerprint density at radius 3 is 2.75 bits per heavy atom. The minimum absolute atomic E-state index is 0.0496. The van der Waals surface area contributed by atoms with Gasteiger partial charge < -0.3 is 4.90 Å². The summed E-state index contributed by atoms with van der Waals surface area (Å²) in [6.45, 7) is 9.98. The summed E-state index contributed by atoms with van der Waals surface area (Å²) in [5.41, 5.74) is 1.35. The highest BCUT2D eigenvalue weighted by atomic mass is 16.2. The van der Waals surface area contributed by atoms with Gasteiger partial charge in [0.15, 0.2) is 0 Å². The average Bonchev–Trinajstić information content (AvgIpc) is 2.86. The molecule has 0 fully saturated rings. The second-order valence-electron chi connectivity index (χ2n) is 5.82. The number of rotatable bonds is 3. The Morgan fingerprint density at radius 2 is 2.15 bits per heavy atom. The van der Waals surface area contributed by atoms with Crippen LogP contribution in [0.15, 0.2) is 23.9 Å². The van der Waals surface area contributed by atoms with Crippen LogP contribution in [0.2, 0.25) is 0 Å². The normalized spacial score (nSPS) is 17.1. The second kappa shape index (κ2) is 6.11. The Kier molecular flexibility index (Phi) is 4.47. The maximum atomic E-state index is 12.3. The predicted octanol–water partition coefficient (Wildman–Crippen LogP) is 3.28. The summed E-state index contributed by atoms with van der Waals surface area (Å²) in [6, 6.07) is 2.05. The van der Waals surface area contributed by atoms with Crippen molar-refractivity contribution in [1.82, 2.24) is 14.7 Å². The third-order valence-electron chi connectivity index (χ3n) is 3.98. The lowest BCUT2D eigenvalue weighted by molar-refractivity contribution is 0.215. The molecule has 2 heterocycles. The number of anilines is 1. The van der Waals surface area contributed by atoms with Crippen LogP contribution in [0.5, 0.6) is 0 Å². The zero-order chi connectivity index (χ0) is 14.7. The zero-order valence-corrected chi connectivity index (χ0v) is 12.8. The van der Waals surface area contributed by atoms with Crippen LogP contribution in [-0.4, -0.2) is 33.8 Å². The van der Waals surface area contributed by atoms with E-state index in [-0.39, 0.29) is 12.1 Å². The molecule has 2 amide bonds. The van der Waals surface area contributed by atoms with E-state index in [4.69, 9.17) is 0 Å². The monoisotopic (exact) mass is 276 g/mol. The van der Waals surface area contributed by atoms with Gasteiger partial charge in [0.2, 0.25) is 0 Å². The van der Waals surface area contributed by atoms with Crippen molar-refractivity contribution in [2.75, 3.05) is 18.4 Å². The quantitative estimate of drug-likeness (QED) is 0.861. The summed E-state index contributed by atoms with van der Waals surface area (Å²) in [5, 5.41) is 7.29. The van der Waals surface area contributed by atoms with Crippen LogP contribution < -0.4 is 5.32 Å². The Morgan fingerprint density at radius 1 is 1.40 bits per heavy atom. The summed E-state index contributed by atoms with van der Waals surface area (Å²) in [6.07, 6.45) is 4.79. The first kappa shape index (κ1) is 14.6. The van der Waals surface area contributed by atoms with Gasteiger partial charge in [0.05, 0.1) is 12.2 Å².